The van der Waals surface area contributed by atoms with Gasteiger partial charge in [0, 0.05) is 45.6 Å². The van der Waals surface area contributed by atoms with Crippen LogP contribution >= 0.6 is 34.7 Å². The molecule has 0 saturated heterocycles. The summed E-state index contributed by atoms with van der Waals surface area (Å²) in [6.07, 6.45) is 2.97. The lowest BCUT2D eigenvalue weighted by molar-refractivity contribution is -0.149. The topological polar surface area (TPSA) is 124 Å². The van der Waals surface area contributed by atoms with Crippen molar-refractivity contribution in [1.29, 1.82) is 0 Å². The predicted molar refractivity (Wildman–Crippen MR) is 147 cm³/mol. The van der Waals surface area contributed by atoms with Crippen molar-refractivity contribution in [3.05, 3.63) is 74.4 Å². The summed E-state index contributed by atoms with van der Waals surface area (Å²) < 4.78 is 3.04. The fourth-order valence-corrected chi connectivity index (χ4v) is 5.62. The van der Waals surface area contributed by atoms with Crippen LogP contribution in [-0.2, 0) is 21.9 Å². The van der Waals surface area contributed by atoms with E-state index in [-0.39, 0.29) is 5.91 Å². The molecular weight excluding hydrogens is 548 g/mol. The normalized spacial score (nSPS) is 11.5. The number of aliphatic carboxylic acids is 1. The molecule has 0 spiro atoms. The summed E-state index contributed by atoms with van der Waals surface area (Å²) in [4.78, 5) is 54.5. The standard InChI is InChI=1S/C26H23ClN4O5S2/c1-26(2,3)25(36)31-23(37-14-15-7-8-21(27)38-15)11-19(29-31)16-10-22(33)30(13-20(32)24(34)35)12-17(16)18-6-4-5-9-28-18/h4-12H,13-14H2,1-3H3,(H,34,35). The number of hydrogen-bond acceptors (Lipinski definition) is 8. The zero-order chi connectivity index (χ0) is 27.6. The van der Waals surface area contributed by atoms with Crippen LogP contribution in [0.15, 0.2) is 64.7 Å². The maximum absolute atomic E-state index is 13.3. The van der Waals surface area contributed by atoms with Crippen molar-refractivity contribution in [2.24, 2.45) is 5.41 Å². The number of carboxylic acids is 1. The summed E-state index contributed by atoms with van der Waals surface area (Å²) in [5.74, 6) is -2.42. The Morgan fingerprint density at radius 3 is 2.45 bits per heavy atom. The maximum Gasteiger partial charge on any atom is 0.374 e. The Labute approximate surface area is 231 Å². The van der Waals surface area contributed by atoms with E-state index in [2.05, 4.69) is 10.1 Å². The third-order valence-electron chi connectivity index (χ3n) is 5.40. The van der Waals surface area contributed by atoms with Gasteiger partial charge in [0.2, 0.25) is 0 Å². The maximum atomic E-state index is 13.3. The average molecular weight is 571 g/mol. The monoisotopic (exact) mass is 570 g/mol. The van der Waals surface area contributed by atoms with Crippen LogP contribution in [0.25, 0.3) is 22.5 Å². The predicted octanol–water partition coefficient (Wildman–Crippen LogP) is 5.12. The van der Waals surface area contributed by atoms with Gasteiger partial charge in [0.25, 0.3) is 17.2 Å². The molecule has 0 atom stereocenters. The first-order valence-corrected chi connectivity index (χ1v) is 13.6. The number of thioether (sulfide) groups is 1. The molecule has 1 N–H and O–H groups in total. The third-order valence-corrected chi connectivity index (χ3v) is 7.85. The SMILES string of the molecule is CC(C)(C)C(=O)n1nc(-c2cc(=O)n(CC(=O)C(=O)O)cc2-c2ccccn2)cc1SCc1ccc(Cl)s1. The highest BCUT2D eigenvalue weighted by Crippen LogP contribution is 2.35. The highest BCUT2D eigenvalue weighted by Gasteiger charge is 2.28. The van der Waals surface area contributed by atoms with Gasteiger partial charge in [-0.3, -0.25) is 19.4 Å². The molecule has 4 rings (SSSR count). The van der Waals surface area contributed by atoms with E-state index in [0.717, 1.165) is 9.44 Å². The van der Waals surface area contributed by atoms with Crippen LogP contribution in [0.4, 0.5) is 0 Å². The van der Waals surface area contributed by atoms with Gasteiger partial charge in [0.05, 0.1) is 22.3 Å². The first kappa shape index (κ1) is 27.5. The number of carbonyl (C=O) groups is 3. The Morgan fingerprint density at radius 1 is 1.08 bits per heavy atom. The molecule has 0 fully saturated rings. The van der Waals surface area contributed by atoms with Crippen LogP contribution in [0.5, 0.6) is 0 Å². The average Bonchev–Trinajstić information content (AvgIpc) is 3.49. The molecular formula is C26H23ClN4O5S2. The van der Waals surface area contributed by atoms with Crippen molar-refractivity contribution in [3.8, 4) is 22.5 Å². The van der Waals surface area contributed by atoms with Crippen LogP contribution in [0.3, 0.4) is 0 Å². The fraction of sp³-hybridized carbons (Fsp3) is 0.231. The van der Waals surface area contributed by atoms with Crippen LogP contribution in [0.2, 0.25) is 4.34 Å². The molecule has 9 nitrogen and oxygen atoms in total. The first-order chi connectivity index (χ1) is 17.9. The molecule has 4 aromatic heterocycles. The number of halogens is 1. The molecule has 196 valence electrons. The van der Waals surface area contributed by atoms with Crippen molar-refractivity contribution in [2.45, 2.75) is 38.1 Å². The lowest BCUT2D eigenvalue weighted by Crippen LogP contribution is -2.28. The van der Waals surface area contributed by atoms with Crippen molar-refractivity contribution >= 4 is 52.4 Å². The molecule has 38 heavy (non-hydrogen) atoms. The molecule has 0 bridgehead atoms. The number of hydrogen-bond donors (Lipinski definition) is 1. The van der Waals surface area contributed by atoms with E-state index in [9.17, 15) is 19.2 Å². The minimum absolute atomic E-state index is 0.227. The molecule has 0 saturated carbocycles. The summed E-state index contributed by atoms with van der Waals surface area (Å²) in [6, 6.07) is 12.0. The number of thiophene rings is 1. The highest BCUT2D eigenvalue weighted by molar-refractivity contribution is 7.98. The highest BCUT2D eigenvalue weighted by atomic mass is 35.5. The van der Waals surface area contributed by atoms with E-state index in [1.807, 2.05) is 12.1 Å². The summed E-state index contributed by atoms with van der Waals surface area (Å²) >= 11 is 8.93. The quantitative estimate of drug-likeness (QED) is 0.229. The summed E-state index contributed by atoms with van der Waals surface area (Å²) in [7, 11) is 0. The van der Waals surface area contributed by atoms with Crippen LogP contribution < -0.4 is 5.56 Å². The van der Waals surface area contributed by atoms with Crippen molar-refractivity contribution in [1.82, 2.24) is 19.3 Å². The van der Waals surface area contributed by atoms with Gasteiger partial charge in [-0.25, -0.2) is 4.79 Å². The van der Waals surface area contributed by atoms with E-state index >= 15 is 0 Å². The minimum Gasteiger partial charge on any atom is -0.475 e. The molecule has 4 heterocycles. The smallest absolute Gasteiger partial charge is 0.374 e. The number of nitrogens with zero attached hydrogens (tertiary/aromatic N) is 4. The van der Waals surface area contributed by atoms with E-state index in [4.69, 9.17) is 16.7 Å². The van der Waals surface area contributed by atoms with Crippen LogP contribution in [-0.4, -0.2) is 42.1 Å². The molecule has 0 radical (unpaired) electrons. The van der Waals surface area contributed by atoms with E-state index in [1.54, 1.807) is 51.2 Å². The molecule has 0 aliphatic carbocycles. The summed E-state index contributed by atoms with van der Waals surface area (Å²) in [6.45, 7) is 4.76. The number of Topliss-reactive ketones (excluding diaryl/α,β-unsaturated/α-hetero) is 1. The zero-order valence-corrected chi connectivity index (χ0v) is 23.1. The van der Waals surface area contributed by atoms with Gasteiger partial charge in [0.1, 0.15) is 5.03 Å². The Kier molecular flexibility index (Phi) is 8.00. The third kappa shape index (κ3) is 6.12. The Hall–Kier alpha value is -3.54. The lowest BCUT2D eigenvalue weighted by Gasteiger charge is -2.17. The number of carboxylic acid groups (broad SMARTS) is 1. The van der Waals surface area contributed by atoms with Crippen molar-refractivity contribution in [3.63, 3.8) is 0 Å². The Morgan fingerprint density at radius 2 is 1.84 bits per heavy atom. The van der Waals surface area contributed by atoms with E-state index in [1.165, 1.54) is 40.0 Å². The molecule has 4 aromatic rings. The molecule has 0 unspecified atom stereocenters. The van der Waals surface area contributed by atoms with Crippen molar-refractivity contribution in [2.75, 3.05) is 0 Å². The molecule has 0 aliphatic rings. The summed E-state index contributed by atoms with van der Waals surface area (Å²) in [5.41, 5.74) is 0.386. The molecule has 0 aliphatic heterocycles. The van der Waals surface area contributed by atoms with Gasteiger partial charge in [0.15, 0.2) is 0 Å². The van der Waals surface area contributed by atoms with E-state index in [0.29, 0.717) is 37.6 Å². The minimum atomic E-state index is -1.63. The second kappa shape index (κ2) is 11.1. The lowest BCUT2D eigenvalue weighted by atomic mass is 9.96. The number of rotatable bonds is 8. The number of carbonyl (C=O) groups excluding carboxylic acids is 2. The number of ketones is 1. The van der Waals surface area contributed by atoms with Gasteiger partial charge in [-0.2, -0.15) is 9.78 Å². The molecule has 12 heteroatoms. The van der Waals surface area contributed by atoms with Crippen LogP contribution in [0, 0.1) is 5.41 Å². The Bertz CT molecular complexity index is 1590. The van der Waals surface area contributed by atoms with Gasteiger partial charge >= 0.3 is 5.97 Å². The van der Waals surface area contributed by atoms with Gasteiger partial charge < -0.3 is 9.67 Å². The molecule has 0 amide bonds. The van der Waals surface area contributed by atoms with E-state index < -0.39 is 29.3 Å². The largest absolute Gasteiger partial charge is 0.475 e. The first-order valence-electron chi connectivity index (χ1n) is 11.4. The van der Waals surface area contributed by atoms with Gasteiger partial charge in [-0.1, -0.05) is 38.4 Å². The zero-order valence-electron chi connectivity index (χ0n) is 20.7. The number of aromatic nitrogens is 4. The van der Waals surface area contributed by atoms with Crippen LogP contribution in [0.1, 0.15) is 30.4 Å². The fourth-order valence-electron chi connectivity index (χ4n) is 3.49. The second-order valence-electron chi connectivity index (χ2n) is 9.34. The summed E-state index contributed by atoms with van der Waals surface area (Å²) in [5, 5.41) is 14.2. The molecule has 0 aromatic carbocycles. The van der Waals surface area contributed by atoms with Gasteiger partial charge in [-0.05, 0) is 30.3 Å². The van der Waals surface area contributed by atoms with Gasteiger partial charge in [-0.15, -0.1) is 23.1 Å². The Balaban J connectivity index is 1.85. The number of pyridine rings is 2. The van der Waals surface area contributed by atoms with Crippen molar-refractivity contribution < 1.29 is 19.5 Å². The second-order valence-corrected chi connectivity index (χ2v) is 12.1.